The van der Waals surface area contributed by atoms with E-state index in [1.54, 1.807) is 19.2 Å². The van der Waals surface area contributed by atoms with E-state index in [4.69, 9.17) is 9.84 Å². The highest BCUT2D eigenvalue weighted by atomic mass is 16.5. The maximum Gasteiger partial charge on any atom is 0.203 e. The Balaban J connectivity index is 2.28. The van der Waals surface area contributed by atoms with Gasteiger partial charge in [-0.2, -0.15) is 0 Å². The molecule has 0 atom stereocenters. The number of ether oxygens (including phenoxy) is 1. The Hall–Kier alpha value is -2.08. The Kier molecular flexibility index (Phi) is 3.02. The number of aliphatic hydroxyl groups excluding tert-OH is 1. The average Bonchev–Trinajstić information content (AvgIpc) is 2.39. The van der Waals surface area contributed by atoms with E-state index >= 15 is 0 Å². The highest BCUT2D eigenvalue weighted by molar-refractivity contribution is 5.54. The van der Waals surface area contributed by atoms with Crippen LogP contribution < -0.4 is 4.74 Å². The van der Waals surface area contributed by atoms with Crippen molar-refractivity contribution in [3.63, 3.8) is 0 Å². The zero-order valence-corrected chi connectivity index (χ0v) is 8.66. The summed E-state index contributed by atoms with van der Waals surface area (Å²) in [5.74, 6) is 1.38. The maximum absolute atomic E-state index is 8.75. The molecule has 0 aliphatic carbocycles. The zero-order chi connectivity index (χ0) is 11.4. The van der Waals surface area contributed by atoms with Crippen molar-refractivity contribution in [2.45, 2.75) is 6.61 Å². The van der Waals surface area contributed by atoms with Crippen LogP contribution >= 0.6 is 0 Å². The number of benzene rings is 1. The lowest BCUT2D eigenvalue weighted by Gasteiger charge is -2.01. The van der Waals surface area contributed by atoms with Gasteiger partial charge in [-0.05, 0) is 24.3 Å². The zero-order valence-electron chi connectivity index (χ0n) is 8.66. The molecular weight excluding hydrogens is 208 g/mol. The van der Waals surface area contributed by atoms with E-state index in [0.717, 1.165) is 11.3 Å². The van der Waals surface area contributed by atoms with E-state index in [1.807, 2.05) is 12.1 Å². The highest BCUT2D eigenvalue weighted by Gasteiger charge is 2.03. The van der Waals surface area contributed by atoms with Gasteiger partial charge >= 0.3 is 0 Å². The molecule has 0 aliphatic rings. The summed E-state index contributed by atoms with van der Waals surface area (Å²) in [5.41, 5.74) is 0.797. The first kappa shape index (κ1) is 10.4. The molecule has 0 radical (unpaired) electrons. The highest BCUT2D eigenvalue weighted by Crippen LogP contribution is 2.17. The van der Waals surface area contributed by atoms with E-state index < -0.39 is 0 Å². The molecule has 1 N–H and O–H groups in total. The fourth-order valence-electron chi connectivity index (χ4n) is 1.17. The van der Waals surface area contributed by atoms with Crippen molar-refractivity contribution in [2.75, 3.05) is 7.11 Å². The lowest BCUT2D eigenvalue weighted by molar-refractivity contribution is 0.267. The molecule has 0 unspecified atom stereocenters. The number of methoxy groups -OCH3 is 1. The van der Waals surface area contributed by atoms with Gasteiger partial charge in [-0.15, -0.1) is 20.4 Å². The topological polar surface area (TPSA) is 81.0 Å². The molecule has 1 aromatic heterocycles. The van der Waals surface area contributed by atoms with Gasteiger partial charge in [0.1, 0.15) is 12.4 Å². The molecule has 0 saturated heterocycles. The monoisotopic (exact) mass is 218 g/mol. The van der Waals surface area contributed by atoms with Gasteiger partial charge in [-0.25, -0.2) is 0 Å². The summed E-state index contributed by atoms with van der Waals surface area (Å²) >= 11 is 0. The van der Waals surface area contributed by atoms with Crippen LogP contribution in [-0.4, -0.2) is 32.6 Å². The molecule has 1 heterocycles. The largest absolute Gasteiger partial charge is 0.497 e. The molecule has 6 heteroatoms. The van der Waals surface area contributed by atoms with Gasteiger partial charge in [-0.1, -0.05) is 0 Å². The quantitative estimate of drug-likeness (QED) is 0.804. The summed E-state index contributed by atoms with van der Waals surface area (Å²) in [4.78, 5) is 0. The maximum atomic E-state index is 8.75. The smallest absolute Gasteiger partial charge is 0.203 e. The van der Waals surface area contributed by atoms with Crippen LogP contribution in [0.4, 0.5) is 0 Å². The Labute approximate surface area is 91.9 Å². The van der Waals surface area contributed by atoms with Gasteiger partial charge in [0.2, 0.25) is 5.82 Å². The van der Waals surface area contributed by atoms with Gasteiger partial charge in [0.05, 0.1) is 7.11 Å². The average molecular weight is 218 g/mol. The Bertz CT molecular complexity index is 410. The molecule has 1 aromatic carbocycles. The Morgan fingerprint density at radius 1 is 1.06 bits per heavy atom. The first-order valence-corrected chi connectivity index (χ1v) is 4.65. The molecule has 16 heavy (non-hydrogen) atoms. The summed E-state index contributed by atoms with van der Waals surface area (Å²) in [5, 5.41) is 23.9. The molecule has 0 aliphatic heterocycles. The molecule has 0 saturated carbocycles. The van der Waals surface area contributed by atoms with E-state index in [9.17, 15) is 0 Å². The van der Waals surface area contributed by atoms with Crippen molar-refractivity contribution < 1.29 is 9.84 Å². The Morgan fingerprint density at radius 2 is 1.69 bits per heavy atom. The van der Waals surface area contributed by atoms with Crippen molar-refractivity contribution >= 4 is 0 Å². The van der Waals surface area contributed by atoms with Crippen LogP contribution in [0.5, 0.6) is 5.75 Å². The number of nitrogens with zero attached hydrogens (tertiary/aromatic N) is 4. The SMILES string of the molecule is COc1ccc(-c2nnc(CO)nn2)cc1. The molecule has 2 rings (SSSR count). The second-order valence-corrected chi connectivity index (χ2v) is 3.03. The van der Waals surface area contributed by atoms with Crippen LogP contribution in [0.25, 0.3) is 11.4 Å². The lowest BCUT2D eigenvalue weighted by Crippen LogP contribution is -2.02. The van der Waals surface area contributed by atoms with Crippen LogP contribution in [0.1, 0.15) is 5.82 Å². The summed E-state index contributed by atoms with van der Waals surface area (Å²) < 4.78 is 5.04. The lowest BCUT2D eigenvalue weighted by atomic mass is 10.2. The van der Waals surface area contributed by atoms with E-state index in [0.29, 0.717) is 5.82 Å². The third-order valence-corrected chi connectivity index (χ3v) is 2.01. The summed E-state index contributed by atoms with van der Waals surface area (Å²) in [6.07, 6.45) is 0. The van der Waals surface area contributed by atoms with Gasteiger partial charge < -0.3 is 9.84 Å². The van der Waals surface area contributed by atoms with Crippen LogP contribution in [0, 0.1) is 0 Å². The predicted molar refractivity (Wildman–Crippen MR) is 55.5 cm³/mol. The van der Waals surface area contributed by atoms with Gasteiger partial charge in [0.25, 0.3) is 0 Å². The first-order valence-electron chi connectivity index (χ1n) is 4.65. The number of aromatic nitrogens is 4. The van der Waals surface area contributed by atoms with Gasteiger partial charge in [0, 0.05) is 5.56 Å². The molecule has 6 nitrogen and oxygen atoms in total. The number of aliphatic hydroxyl groups is 1. The normalized spacial score (nSPS) is 10.1. The van der Waals surface area contributed by atoms with Crippen molar-refractivity contribution in [2.24, 2.45) is 0 Å². The minimum atomic E-state index is -0.261. The van der Waals surface area contributed by atoms with E-state index in [1.165, 1.54) is 0 Å². The fourth-order valence-corrected chi connectivity index (χ4v) is 1.17. The van der Waals surface area contributed by atoms with Crippen LogP contribution in [0.2, 0.25) is 0 Å². The molecule has 0 amide bonds. The van der Waals surface area contributed by atoms with Crippen LogP contribution in [0.3, 0.4) is 0 Å². The molecule has 0 fully saturated rings. The standard InChI is InChI=1S/C10H10N4O2/c1-16-8-4-2-7(3-5-8)10-13-11-9(6-15)12-14-10/h2-5,15H,6H2,1H3. The summed E-state index contributed by atoms with van der Waals surface area (Å²) in [6, 6.07) is 7.24. The van der Waals surface area contributed by atoms with Gasteiger partial charge in [0.15, 0.2) is 5.82 Å². The second-order valence-electron chi connectivity index (χ2n) is 3.03. The van der Waals surface area contributed by atoms with E-state index in [2.05, 4.69) is 20.4 Å². The fraction of sp³-hybridized carbons (Fsp3) is 0.200. The molecule has 2 aromatic rings. The molecule has 82 valence electrons. The second kappa shape index (κ2) is 4.63. The first-order chi connectivity index (χ1) is 7.83. The van der Waals surface area contributed by atoms with Gasteiger partial charge in [-0.3, -0.25) is 0 Å². The summed E-state index contributed by atoms with van der Waals surface area (Å²) in [6.45, 7) is -0.261. The van der Waals surface area contributed by atoms with Crippen LogP contribution in [-0.2, 0) is 6.61 Å². The van der Waals surface area contributed by atoms with Crippen LogP contribution in [0.15, 0.2) is 24.3 Å². The van der Waals surface area contributed by atoms with Crippen molar-refractivity contribution in [3.05, 3.63) is 30.1 Å². The third kappa shape index (κ3) is 2.12. The number of hydrogen-bond donors (Lipinski definition) is 1. The summed E-state index contributed by atoms with van der Waals surface area (Å²) in [7, 11) is 1.60. The molecular formula is C10H10N4O2. The minimum Gasteiger partial charge on any atom is -0.497 e. The number of rotatable bonds is 3. The van der Waals surface area contributed by atoms with Crippen molar-refractivity contribution in [1.29, 1.82) is 0 Å². The third-order valence-electron chi connectivity index (χ3n) is 2.01. The van der Waals surface area contributed by atoms with Crippen molar-refractivity contribution in [1.82, 2.24) is 20.4 Å². The Morgan fingerprint density at radius 3 is 2.19 bits per heavy atom. The number of hydrogen-bond acceptors (Lipinski definition) is 6. The molecule has 0 bridgehead atoms. The minimum absolute atomic E-state index is 0.206. The predicted octanol–water partition coefficient (Wildman–Crippen LogP) is 0.434. The molecule has 0 spiro atoms. The van der Waals surface area contributed by atoms with Crippen molar-refractivity contribution in [3.8, 4) is 17.1 Å². The van der Waals surface area contributed by atoms with E-state index in [-0.39, 0.29) is 12.4 Å².